The minimum absolute atomic E-state index is 0.577. The molecule has 0 fully saturated rings. The van der Waals surface area contributed by atoms with Crippen LogP contribution < -0.4 is 4.57 Å². The monoisotopic (exact) mass is 282 g/mol. The lowest BCUT2D eigenvalue weighted by Crippen LogP contribution is -2.28. The van der Waals surface area contributed by atoms with Gasteiger partial charge in [0.25, 0.3) is 5.82 Å². The highest BCUT2D eigenvalue weighted by Crippen LogP contribution is 2.38. The summed E-state index contributed by atoms with van der Waals surface area (Å²) in [7, 11) is 0. The van der Waals surface area contributed by atoms with Gasteiger partial charge in [-0.1, -0.05) is 11.3 Å². The van der Waals surface area contributed by atoms with E-state index in [9.17, 15) is 0 Å². The van der Waals surface area contributed by atoms with Crippen LogP contribution in [0.5, 0.6) is 0 Å². The van der Waals surface area contributed by atoms with Crippen molar-refractivity contribution in [3.63, 3.8) is 0 Å². The van der Waals surface area contributed by atoms with Gasteiger partial charge in [0.05, 0.1) is 27.0 Å². The Kier molecular flexibility index (Phi) is 1.39. The highest BCUT2D eigenvalue weighted by atomic mass is 32.1. The van der Waals surface area contributed by atoms with Crippen LogP contribution in [0, 0.1) is 0 Å². The topological polar surface area (TPSA) is 34.6 Å². The van der Waals surface area contributed by atoms with Crippen molar-refractivity contribution in [2.45, 2.75) is 6.54 Å². The third kappa shape index (κ3) is 1.10. The summed E-state index contributed by atoms with van der Waals surface area (Å²) in [6, 6.07) is 7.63. The van der Waals surface area contributed by atoms with Crippen molar-refractivity contribution in [1.82, 2.24) is 14.5 Å². The third-order valence-corrected chi connectivity index (χ3v) is 4.90. The Morgan fingerprint density at radius 1 is 1.30 bits per heavy atom. The lowest BCUT2D eigenvalue weighted by atomic mass is 10.2. The molecule has 5 heteroatoms. The van der Waals surface area contributed by atoms with Crippen LogP contribution in [0.15, 0.2) is 36.7 Å². The summed E-state index contributed by atoms with van der Waals surface area (Å²) in [5.41, 5.74) is 3.52. The minimum atomic E-state index is -2.25. The zero-order valence-corrected chi connectivity index (χ0v) is 11.2. The highest BCUT2D eigenvalue weighted by molar-refractivity contribution is 7.25. The zero-order valence-electron chi connectivity index (χ0n) is 13.4. The first kappa shape index (κ1) is 8.11. The van der Waals surface area contributed by atoms with Gasteiger partial charge in [0.1, 0.15) is 12.1 Å². The Bertz CT molecular complexity index is 1090. The van der Waals surface area contributed by atoms with Gasteiger partial charge in [-0.15, -0.1) is 0 Å². The van der Waals surface area contributed by atoms with Gasteiger partial charge >= 0.3 is 0 Å². The van der Waals surface area contributed by atoms with E-state index in [1.165, 1.54) is 15.9 Å². The number of imidazole rings is 1. The molecule has 96 valence electrons. The molecule has 4 aromatic heterocycles. The molecule has 0 saturated carbocycles. The second-order valence-corrected chi connectivity index (χ2v) is 5.88. The smallest absolute Gasteiger partial charge is 0.256 e. The summed E-state index contributed by atoms with van der Waals surface area (Å²) in [5.74, 6) is 0.696. The summed E-state index contributed by atoms with van der Waals surface area (Å²) in [6.45, 7) is -1.68. The number of pyridine rings is 2. The first-order valence-corrected chi connectivity index (χ1v) is 7.14. The van der Waals surface area contributed by atoms with Gasteiger partial charge in [0, 0.05) is 12.4 Å². The van der Waals surface area contributed by atoms with E-state index in [4.69, 9.17) is 4.11 Å². The predicted molar refractivity (Wildman–Crippen MR) is 78.6 cm³/mol. The molecule has 4 aromatic rings. The number of hydrogen-bond acceptors (Lipinski definition) is 3. The van der Waals surface area contributed by atoms with Crippen molar-refractivity contribution in [2.24, 2.45) is 6.98 Å². The maximum atomic E-state index is 8.00. The van der Waals surface area contributed by atoms with Crippen molar-refractivity contribution >= 4 is 31.9 Å². The lowest BCUT2D eigenvalue weighted by molar-refractivity contribution is -0.631. The van der Waals surface area contributed by atoms with Crippen molar-refractivity contribution < 1.29 is 8.68 Å². The second kappa shape index (κ2) is 3.43. The Balaban J connectivity index is 2.01. The molecule has 0 saturated heterocycles. The van der Waals surface area contributed by atoms with Gasteiger partial charge in [-0.05, 0) is 24.3 Å². The number of aryl methyl sites for hydroxylation is 1. The first-order chi connectivity index (χ1) is 11.1. The van der Waals surface area contributed by atoms with Gasteiger partial charge in [0.15, 0.2) is 0 Å². The average Bonchev–Trinajstić information content (AvgIpc) is 3.12. The van der Waals surface area contributed by atoms with Crippen LogP contribution in [-0.2, 0) is 13.5 Å². The van der Waals surface area contributed by atoms with Gasteiger partial charge < -0.3 is 0 Å². The van der Waals surface area contributed by atoms with Crippen LogP contribution in [0.3, 0.4) is 0 Å². The zero-order chi connectivity index (χ0) is 15.8. The molecule has 0 spiro atoms. The van der Waals surface area contributed by atoms with E-state index in [1.807, 2.05) is 28.8 Å². The Labute approximate surface area is 123 Å². The highest BCUT2D eigenvalue weighted by Gasteiger charge is 2.35. The van der Waals surface area contributed by atoms with Crippen LogP contribution in [-0.4, -0.2) is 14.5 Å². The number of thiophene rings is 1. The second-order valence-electron chi connectivity index (χ2n) is 4.85. The third-order valence-electron chi connectivity index (χ3n) is 3.78. The molecule has 0 bridgehead atoms. The molecule has 0 aliphatic carbocycles. The standard InChI is InChI=1S/C15H11N4S/c1-18-14-9-4-2-6-16-10(9)8-19(14)13-12-11(20-15(13)18)5-3-7-17-12/h2-7H,8H2,1H3/q+1/i1D3. The van der Waals surface area contributed by atoms with Crippen LogP contribution in [0.4, 0.5) is 0 Å². The lowest BCUT2D eigenvalue weighted by Gasteiger charge is -1.93. The number of nitrogens with zero attached hydrogens (tertiary/aromatic N) is 4. The van der Waals surface area contributed by atoms with Crippen LogP contribution in [0.25, 0.3) is 32.0 Å². The molecule has 20 heavy (non-hydrogen) atoms. The number of rotatable bonds is 0. The summed E-state index contributed by atoms with van der Waals surface area (Å²) in [4.78, 5) is 9.62. The molecule has 4 nitrogen and oxygen atoms in total. The van der Waals surface area contributed by atoms with Gasteiger partial charge in [-0.2, -0.15) is 0 Å². The maximum Gasteiger partial charge on any atom is 0.292 e. The van der Waals surface area contributed by atoms with Crippen LogP contribution in [0.1, 0.15) is 9.81 Å². The molecule has 5 heterocycles. The van der Waals surface area contributed by atoms with Gasteiger partial charge in [-0.3, -0.25) is 9.97 Å². The molecule has 0 radical (unpaired) electrons. The Morgan fingerprint density at radius 2 is 2.20 bits per heavy atom. The van der Waals surface area contributed by atoms with E-state index < -0.39 is 6.98 Å². The number of fused-ring (bicyclic) bond motifs is 7. The van der Waals surface area contributed by atoms with Crippen molar-refractivity contribution in [2.75, 3.05) is 0 Å². The van der Waals surface area contributed by atoms with Crippen LogP contribution in [0.2, 0.25) is 0 Å². The quantitative estimate of drug-likeness (QED) is 0.409. The van der Waals surface area contributed by atoms with E-state index in [0.29, 0.717) is 12.4 Å². The molecule has 0 atom stereocenters. The molecule has 1 aliphatic rings. The van der Waals surface area contributed by atoms with E-state index in [-0.39, 0.29) is 0 Å². The molecular weight excluding hydrogens is 268 g/mol. The summed E-state index contributed by atoms with van der Waals surface area (Å²) in [5, 5.41) is 0. The fourth-order valence-electron chi connectivity index (χ4n) is 2.96. The number of aromatic nitrogens is 4. The molecule has 1 aliphatic heterocycles. The van der Waals surface area contributed by atoms with Crippen molar-refractivity contribution in [1.29, 1.82) is 0 Å². The average molecular weight is 282 g/mol. The fourth-order valence-corrected chi connectivity index (χ4v) is 4.04. The minimum Gasteiger partial charge on any atom is -0.256 e. The first-order valence-electron chi connectivity index (χ1n) is 7.82. The number of hydrogen-bond donors (Lipinski definition) is 0. The van der Waals surface area contributed by atoms with Crippen molar-refractivity contribution in [3.8, 4) is 11.4 Å². The summed E-state index contributed by atoms with van der Waals surface area (Å²) < 4.78 is 28.5. The molecular formula is C15H11N4S+. The molecule has 0 unspecified atom stereocenters. The summed E-state index contributed by atoms with van der Waals surface area (Å²) in [6.07, 6.45) is 3.49. The SMILES string of the molecule is [2H]C([2H])([2H])[n+]1c2n(c3c4ncccc4sc31)Cc1ncccc1-2. The van der Waals surface area contributed by atoms with E-state index in [0.717, 1.165) is 31.8 Å². The van der Waals surface area contributed by atoms with E-state index in [2.05, 4.69) is 9.97 Å². The molecule has 0 amide bonds. The summed E-state index contributed by atoms with van der Waals surface area (Å²) >= 11 is 1.47. The van der Waals surface area contributed by atoms with E-state index in [1.54, 1.807) is 12.4 Å². The van der Waals surface area contributed by atoms with Crippen LogP contribution >= 0.6 is 11.3 Å². The Hall–Kier alpha value is -2.27. The normalized spacial score (nSPS) is 15.9. The van der Waals surface area contributed by atoms with Gasteiger partial charge in [-0.25, -0.2) is 9.13 Å². The van der Waals surface area contributed by atoms with E-state index >= 15 is 0 Å². The maximum absolute atomic E-state index is 8.00. The molecule has 5 rings (SSSR count). The van der Waals surface area contributed by atoms with Gasteiger partial charge in [0.2, 0.25) is 10.3 Å². The largest absolute Gasteiger partial charge is 0.292 e. The predicted octanol–water partition coefficient (Wildman–Crippen LogP) is 2.50. The van der Waals surface area contributed by atoms with Crippen molar-refractivity contribution in [3.05, 3.63) is 42.4 Å². The molecule has 0 N–H and O–H groups in total. The molecule has 0 aromatic carbocycles. The fraction of sp³-hybridized carbons (Fsp3) is 0.133. The Morgan fingerprint density at radius 3 is 3.15 bits per heavy atom.